The number of hydrogen-bond acceptors (Lipinski definition) is 3. The van der Waals surface area contributed by atoms with Crippen LogP contribution in [0.2, 0.25) is 0 Å². The number of nitrogens with one attached hydrogen (secondary N) is 1. The van der Waals surface area contributed by atoms with Crippen molar-refractivity contribution in [1.29, 1.82) is 0 Å². The van der Waals surface area contributed by atoms with E-state index in [1.807, 2.05) is 11.8 Å². The highest BCUT2D eigenvalue weighted by atomic mass is 32.1. The van der Waals surface area contributed by atoms with Gasteiger partial charge in [-0.3, -0.25) is 9.69 Å². The van der Waals surface area contributed by atoms with Crippen LogP contribution in [0.3, 0.4) is 0 Å². The summed E-state index contributed by atoms with van der Waals surface area (Å²) in [5.41, 5.74) is 5.92. The van der Waals surface area contributed by atoms with Gasteiger partial charge in [0.05, 0.1) is 11.5 Å². The lowest BCUT2D eigenvalue weighted by Gasteiger charge is -2.20. The second-order valence-corrected chi connectivity index (χ2v) is 4.76. The van der Waals surface area contributed by atoms with E-state index >= 15 is 0 Å². The Morgan fingerprint density at radius 1 is 1.47 bits per heavy atom. The molecule has 1 rings (SSSR count). The molecule has 104 valence electrons. The quantitative estimate of drug-likeness (QED) is 0.749. The van der Waals surface area contributed by atoms with Gasteiger partial charge in [0, 0.05) is 12.2 Å². The molecule has 4 nitrogen and oxygen atoms in total. The van der Waals surface area contributed by atoms with Gasteiger partial charge >= 0.3 is 0 Å². The van der Waals surface area contributed by atoms with Gasteiger partial charge < -0.3 is 11.1 Å². The maximum atomic E-state index is 13.0. The van der Waals surface area contributed by atoms with Gasteiger partial charge in [-0.2, -0.15) is 0 Å². The van der Waals surface area contributed by atoms with Crippen LogP contribution in [-0.2, 0) is 4.79 Å². The van der Waals surface area contributed by atoms with Crippen LogP contribution in [0, 0.1) is 5.82 Å². The molecule has 0 radical (unpaired) electrons. The fourth-order valence-electron chi connectivity index (χ4n) is 1.72. The summed E-state index contributed by atoms with van der Waals surface area (Å²) in [7, 11) is 0. The number of halogens is 1. The number of anilines is 1. The molecule has 0 bridgehead atoms. The molecule has 0 aliphatic heterocycles. The summed E-state index contributed by atoms with van der Waals surface area (Å²) in [6, 6.07) is 5.78. The average Bonchev–Trinajstić information content (AvgIpc) is 2.27. The summed E-state index contributed by atoms with van der Waals surface area (Å²) in [6.45, 7) is 3.33. The number of benzene rings is 1. The predicted octanol–water partition coefficient (Wildman–Crippen LogP) is 1.76. The summed E-state index contributed by atoms with van der Waals surface area (Å²) >= 11 is 4.84. The molecule has 0 fully saturated rings. The maximum Gasteiger partial charge on any atom is 0.238 e. The summed E-state index contributed by atoms with van der Waals surface area (Å²) in [5, 5.41) is 2.64. The summed E-state index contributed by atoms with van der Waals surface area (Å²) < 4.78 is 13.0. The van der Waals surface area contributed by atoms with Crippen molar-refractivity contribution >= 4 is 28.8 Å². The lowest BCUT2D eigenvalue weighted by Crippen LogP contribution is -2.39. The number of nitrogens with zero attached hydrogens (tertiary/aromatic N) is 1. The molecule has 1 aromatic rings. The molecule has 19 heavy (non-hydrogen) atoms. The normalized spacial score (nSPS) is 10.5. The number of hydrogen-bond donors (Lipinski definition) is 2. The van der Waals surface area contributed by atoms with Crippen LogP contribution in [0.1, 0.15) is 13.3 Å². The van der Waals surface area contributed by atoms with E-state index in [9.17, 15) is 9.18 Å². The van der Waals surface area contributed by atoms with Gasteiger partial charge in [0.25, 0.3) is 0 Å². The van der Waals surface area contributed by atoms with Gasteiger partial charge in [0.2, 0.25) is 5.91 Å². The van der Waals surface area contributed by atoms with E-state index in [-0.39, 0.29) is 18.3 Å². The molecule has 1 aromatic carbocycles. The standard InChI is InChI=1S/C13H18FN3OS/c1-2-6-17(8-12(15)19)9-13(18)16-11-5-3-4-10(14)7-11/h3-5,7H,2,6,8-9H2,1H3,(H2,15,19)(H,16,18). The Morgan fingerprint density at radius 3 is 2.79 bits per heavy atom. The molecule has 0 saturated carbocycles. The predicted molar refractivity (Wildman–Crippen MR) is 78.5 cm³/mol. The molecule has 0 saturated heterocycles. The summed E-state index contributed by atoms with van der Waals surface area (Å²) in [4.78, 5) is 14.0. The van der Waals surface area contributed by atoms with Crippen molar-refractivity contribution in [3.8, 4) is 0 Å². The van der Waals surface area contributed by atoms with Crippen molar-refractivity contribution in [1.82, 2.24) is 4.90 Å². The molecular formula is C13H18FN3OS. The zero-order valence-corrected chi connectivity index (χ0v) is 11.7. The first-order valence-corrected chi connectivity index (χ1v) is 6.48. The number of thiocarbonyl (C=S) groups is 1. The Labute approximate surface area is 117 Å². The monoisotopic (exact) mass is 283 g/mol. The molecule has 6 heteroatoms. The second kappa shape index (κ2) is 7.81. The molecule has 3 N–H and O–H groups in total. The number of carbonyl (C=O) groups is 1. The third-order valence-corrected chi connectivity index (χ3v) is 2.52. The van der Waals surface area contributed by atoms with Crippen LogP contribution in [0.5, 0.6) is 0 Å². The van der Waals surface area contributed by atoms with Crippen molar-refractivity contribution in [2.24, 2.45) is 5.73 Å². The van der Waals surface area contributed by atoms with E-state index < -0.39 is 0 Å². The number of rotatable bonds is 7. The van der Waals surface area contributed by atoms with Crippen molar-refractivity contribution in [2.45, 2.75) is 13.3 Å². The zero-order valence-electron chi connectivity index (χ0n) is 10.9. The van der Waals surface area contributed by atoms with Crippen LogP contribution < -0.4 is 11.1 Å². The molecule has 1 amide bonds. The molecule has 0 unspecified atom stereocenters. The van der Waals surface area contributed by atoms with Crippen LogP contribution in [0.4, 0.5) is 10.1 Å². The Morgan fingerprint density at radius 2 is 2.21 bits per heavy atom. The zero-order chi connectivity index (χ0) is 14.3. The molecule has 0 atom stereocenters. The van der Waals surface area contributed by atoms with Gasteiger partial charge in [-0.05, 0) is 31.2 Å². The highest BCUT2D eigenvalue weighted by molar-refractivity contribution is 7.80. The topological polar surface area (TPSA) is 58.4 Å². The van der Waals surface area contributed by atoms with E-state index in [1.165, 1.54) is 12.1 Å². The van der Waals surface area contributed by atoms with E-state index in [4.69, 9.17) is 18.0 Å². The first kappa shape index (κ1) is 15.5. The van der Waals surface area contributed by atoms with Crippen LogP contribution in [-0.4, -0.2) is 35.4 Å². The number of carbonyl (C=O) groups excluding carboxylic acids is 1. The van der Waals surface area contributed by atoms with Crippen molar-refractivity contribution < 1.29 is 9.18 Å². The smallest absolute Gasteiger partial charge is 0.238 e. The highest BCUT2D eigenvalue weighted by Gasteiger charge is 2.11. The third-order valence-electron chi connectivity index (χ3n) is 2.39. The molecule has 0 spiro atoms. The van der Waals surface area contributed by atoms with Crippen LogP contribution in [0.15, 0.2) is 24.3 Å². The Bertz CT molecular complexity index is 453. The Kier molecular flexibility index (Phi) is 6.38. The van der Waals surface area contributed by atoms with Gasteiger partial charge in [-0.25, -0.2) is 4.39 Å². The first-order valence-electron chi connectivity index (χ1n) is 6.07. The van der Waals surface area contributed by atoms with Gasteiger partial charge in [-0.15, -0.1) is 0 Å². The van der Waals surface area contributed by atoms with Crippen molar-refractivity contribution in [3.63, 3.8) is 0 Å². The minimum Gasteiger partial charge on any atom is -0.392 e. The first-order chi connectivity index (χ1) is 9.01. The Balaban J connectivity index is 2.54. The average molecular weight is 283 g/mol. The van der Waals surface area contributed by atoms with Crippen LogP contribution in [0.25, 0.3) is 0 Å². The molecular weight excluding hydrogens is 265 g/mol. The fourth-order valence-corrected chi connectivity index (χ4v) is 1.90. The Hall–Kier alpha value is -1.53. The summed E-state index contributed by atoms with van der Waals surface area (Å²) in [5.74, 6) is -0.596. The van der Waals surface area contributed by atoms with Gasteiger partial charge in [0.15, 0.2) is 0 Å². The SMILES string of the molecule is CCCN(CC(=O)Nc1cccc(F)c1)CC(N)=S. The molecule has 0 aliphatic rings. The number of nitrogens with two attached hydrogens (primary N) is 1. The van der Waals surface area contributed by atoms with E-state index in [0.717, 1.165) is 13.0 Å². The van der Waals surface area contributed by atoms with Gasteiger partial charge in [0.1, 0.15) is 5.82 Å². The van der Waals surface area contributed by atoms with E-state index in [1.54, 1.807) is 12.1 Å². The van der Waals surface area contributed by atoms with E-state index in [0.29, 0.717) is 17.2 Å². The fraction of sp³-hybridized carbons (Fsp3) is 0.385. The second-order valence-electron chi connectivity index (χ2n) is 4.24. The van der Waals surface area contributed by atoms with Crippen molar-refractivity contribution in [2.75, 3.05) is 25.0 Å². The maximum absolute atomic E-state index is 13.0. The van der Waals surface area contributed by atoms with E-state index in [2.05, 4.69) is 5.32 Å². The lowest BCUT2D eigenvalue weighted by molar-refractivity contribution is -0.117. The minimum atomic E-state index is -0.383. The molecule has 0 aromatic heterocycles. The van der Waals surface area contributed by atoms with Crippen LogP contribution >= 0.6 is 12.2 Å². The lowest BCUT2D eigenvalue weighted by atomic mass is 10.3. The largest absolute Gasteiger partial charge is 0.392 e. The molecule has 0 aliphatic carbocycles. The van der Waals surface area contributed by atoms with Gasteiger partial charge in [-0.1, -0.05) is 25.2 Å². The minimum absolute atomic E-state index is 0.182. The summed E-state index contributed by atoms with van der Waals surface area (Å²) in [6.07, 6.45) is 0.899. The van der Waals surface area contributed by atoms with Crippen molar-refractivity contribution in [3.05, 3.63) is 30.1 Å². The highest BCUT2D eigenvalue weighted by Crippen LogP contribution is 2.09. The number of amides is 1. The molecule has 0 heterocycles. The third kappa shape index (κ3) is 6.26.